The van der Waals surface area contributed by atoms with Gasteiger partial charge in [-0.25, -0.2) is 14.4 Å². The maximum Gasteiger partial charge on any atom is 0.420 e. The van der Waals surface area contributed by atoms with E-state index in [9.17, 15) is 14.4 Å². The lowest BCUT2D eigenvalue weighted by Gasteiger charge is -2.25. The van der Waals surface area contributed by atoms with Crippen molar-refractivity contribution in [2.24, 2.45) is 5.73 Å². The summed E-state index contributed by atoms with van der Waals surface area (Å²) in [7, 11) is 0. The Hall–Kier alpha value is -1.83. The Labute approximate surface area is 111 Å². The first-order valence-corrected chi connectivity index (χ1v) is 6.05. The highest BCUT2D eigenvalue weighted by Gasteiger charge is 2.36. The van der Waals surface area contributed by atoms with Gasteiger partial charge in [-0.2, -0.15) is 4.90 Å². The third-order valence-electron chi connectivity index (χ3n) is 2.21. The SMILES string of the molecule is CCOC(=O)N(C(=O)OCC)[C@@H](CCCN)C(=O)O. The van der Waals surface area contributed by atoms with E-state index in [1.807, 2.05) is 0 Å². The van der Waals surface area contributed by atoms with Crippen LogP contribution in [0.15, 0.2) is 0 Å². The molecule has 110 valence electrons. The van der Waals surface area contributed by atoms with Gasteiger partial charge in [0.15, 0.2) is 0 Å². The smallest absolute Gasteiger partial charge is 0.420 e. The molecule has 0 saturated heterocycles. The minimum Gasteiger partial charge on any atom is -0.480 e. The van der Waals surface area contributed by atoms with Gasteiger partial charge in [0.05, 0.1) is 13.2 Å². The molecule has 0 aliphatic carbocycles. The average molecular weight is 276 g/mol. The standard InChI is InChI=1S/C11H20N2O6/c1-3-18-10(16)13(11(17)19-4-2)8(9(14)15)6-5-7-12/h8H,3-7,12H2,1-2H3,(H,14,15)/t8-/m0/s1. The number of carbonyl (C=O) groups excluding carboxylic acids is 2. The molecule has 0 radical (unpaired) electrons. The van der Waals surface area contributed by atoms with Crippen LogP contribution < -0.4 is 5.73 Å². The second-order valence-electron chi connectivity index (χ2n) is 3.55. The van der Waals surface area contributed by atoms with Crippen molar-refractivity contribution in [2.45, 2.75) is 32.7 Å². The van der Waals surface area contributed by atoms with E-state index in [0.717, 1.165) is 0 Å². The van der Waals surface area contributed by atoms with Gasteiger partial charge in [-0.15, -0.1) is 0 Å². The molecule has 0 aliphatic rings. The van der Waals surface area contributed by atoms with Gasteiger partial charge in [-0.05, 0) is 33.2 Å². The number of nitrogens with zero attached hydrogens (tertiary/aromatic N) is 1. The first-order valence-electron chi connectivity index (χ1n) is 6.05. The molecule has 0 aliphatic heterocycles. The van der Waals surface area contributed by atoms with Crippen LogP contribution in [0, 0.1) is 0 Å². The summed E-state index contributed by atoms with van der Waals surface area (Å²) in [5.41, 5.74) is 5.30. The average Bonchev–Trinajstić information content (AvgIpc) is 2.34. The van der Waals surface area contributed by atoms with Gasteiger partial charge in [0, 0.05) is 0 Å². The quantitative estimate of drug-likeness (QED) is 0.705. The number of carboxylic acids is 1. The van der Waals surface area contributed by atoms with Gasteiger partial charge in [0.1, 0.15) is 6.04 Å². The maximum atomic E-state index is 11.7. The summed E-state index contributed by atoms with van der Waals surface area (Å²) in [5, 5.41) is 9.11. The molecule has 0 aromatic heterocycles. The van der Waals surface area contributed by atoms with E-state index in [2.05, 4.69) is 9.47 Å². The summed E-state index contributed by atoms with van der Waals surface area (Å²) in [4.78, 5) is 35.0. The molecule has 8 heteroatoms. The lowest BCUT2D eigenvalue weighted by atomic mass is 10.1. The van der Waals surface area contributed by atoms with Gasteiger partial charge in [0.25, 0.3) is 0 Å². The van der Waals surface area contributed by atoms with Crippen molar-refractivity contribution in [1.82, 2.24) is 4.90 Å². The highest BCUT2D eigenvalue weighted by atomic mass is 16.6. The Bertz CT molecular complexity index is 302. The summed E-state index contributed by atoms with van der Waals surface area (Å²) in [6.07, 6.45) is -1.67. The Morgan fingerprint density at radius 2 is 1.63 bits per heavy atom. The summed E-state index contributed by atoms with van der Waals surface area (Å²) in [6.45, 7) is 3.41. The summed E-state index contributed by atoms with van der Waals surface area (Å²) in [6, 6.07) is -1.35. The van der Waals surface area contributed by atoms with Crippen LogP contribution in [0.2, 0.25) is 0 Å². The normalized spacial score (nSPS) is 11.5. The second-order valence-corrected chi connectivity index (χ2v) is 3.55. The molecule has 1 atom stereocenters. The number of ether oxygens (including phenoxy) is 2. The second kappa shape index (κ2) is 9.15. The molecule has 0 fully saturated rings. The zero-order valence-electron chi connectivity index (χ0n) is 11.1. The molecular weight excluding hydrogens is 256 g/mol. The van der Waals surface area contributed by atoms with Gasteiger partial charge < -0.3 is 20.3 Å². The van der Waals surface area contributed by atoms with Crippen molar-refractivity contribution >= 4 is 18.2 Å². The van der Waals surface area contributed by atoms with Crippen molar-refractivity contribution in [2.75, 3.05) is 19.8 Å². The number of hydrogen-bond acceptors (Lipinski definition) is 6. The number of carbonyl (C=O) groups is 3. The summed E-state index contributed by atoms with van der Waals surface area (Å²) >= 11 is 0. The Kier molecular flexibility index (Phi) is 8.27. The molecule has 0 bridgehead atoms. The number of imide groups is 1. The van der Waals surface area contributed by atoms with Crippen LogP contribution in [0.25, 0.3) is 0 Å². The molecule has 3 N–H and O–H groups in total. The van der Waals surface area contributed by atoms with E-state index >= 15 is 0 Å². The molecule has 0 rings (SSSR count). The fraction of sp³-hybridized carbons (Fsp3) is 0.727. The number of hydrogen-bond donors (Lipinski definition) is 2. The van der Waals surface area contributed by atoms with Crippen molar-refractivity contribution < 1.29 is 29.0 Å². The third-order valence-corrected chi connectivity index (χ3v) is 2.21. The molecule has 8 nitrogen and oxygen atoms in total. The predicted molar refractivity (Wildman–Crippen MR) is 65.6 cm³/mol. The van der Waals surface area contributed by atoms with E-state index in [0.29, 0.717) is 11.3 Å². The third kappa shape index (κ3) is 5.56. The molecule has 0 saturated carbocycles. The van der Waals surface area contributed by atoms with E-state index in [1.165, 1.54) is 0 Å². The van der Waals surface area contributed by atoms with Crippen molar-refractivity contribution in [3.8, 4) is 0 Å². The largest absolute Gasteiger partial charge is 0.480 e. The summed E-state index contributed by atoms with van der Waals surface area (Å²) in [5.74, 6) is -1.31. The van der Waals surface area contributed by atoms with Crippen molar-refractivity contribution in [3.63, 3.8) is 0 Å². The molecule has 19 heavy (non-hydrogen) atoms. The van der Waals surface area contributed by atoms with Gasteiger partial charge >= 0.3 is 18.2 Å². The monoisotopic (exact) mass is 276 g/mol. The Balaban J connectivity index is 5.08. The van der Waals surface area contributed by atoms with E-state index in [-0.39, 0.29) is 26.2 Å². The highest BCUT2D eigenvalue weighted by molar-refractivity contribution is 5.93. The van der Waals surface area contributed by atoms with Gasteiger partial charge in [0.2, 0.25) is 0 Å². The minimum atomic E-state index is -1.35. The molecule has 2 amide bonds. The van der Waals surface area contributed by atoms with Crippen molar-refractivity contribution in [3.05, 3.63) is 0 Å². The van der Waals surface area contributed by atoms with Crippen LogP contribution in [0.1, 0.15) is 26.7 Å². The highest BCUT2D eigenvalue weighted by Crippen LogP contribution is 2.11. The number of amides is 2. The van der Waals surface area contributed by atoms with Gasteiger partial charge in [-0.1, -0.05) is 0 Å². The zero-order valence-corrected chi connectivity index (χ0v) is 11.1. The Morgan fingerprint density at radius 3 is 1.95 bits per heavy atom. The molecule has 0 aromatic carbocycles. The Morgan fingerprint density at radius 1 is 1.16 bits per heavy atom. The van der Waals surface area contributed by atoms with E-state index in [1.54, 1.807) is 13.8 Å². The number of aliphatic carboxylic acids is 1. The molecular formula is C11H20N2O6. The van der Waals surface area contributed by atoms with Crippen LogP contribution in [-0.4, -0.2) is 54.0 Å². The first-order chi connectivity index (χ1) is 8.99. The lowest BCUT2D eigenvalue weighted by molar-refractivity contribution is -0.142. The molecule has 0 aromatic rings. The van der Waals surface area contributed by atoms with Crippen LogP contribution in [0.3, 0.4) is 0 Å². The summed E-state index contributed by atoms with van der Waals surface area (Å²) < 4.78 is 9.35. The molecule has 0 heterocycles. The fourth-order valence-corrected chi connectivity index (χ4v) is 1.39. The fourth-order valence-electron chi connectivity index (χ4n) is 1.39. The zero-order chi connectivity index (χ0) is 14.8. The lowest BCUT2D eigenvalue weighted by Crippen LogP contribution is -2.49. The topological polar surface area (TPSA) is 119 Å². The van der Waals surface area contributed by atoms with Crippen LogP contribution in [-0.2, 0) is 14.3 Å². The molecule has 0 spiro atoms. The number of rotatable bonds is 7. The minimum absolute atomic E-state index is 0.0258. The van der Waals surface area contributed by atoms with Crippen molar-refractivity contribution in [1.29, 1.82) is 0 Å². The van der Waals surface area contributed by atoms with Crippen LogP contribution in [0.5, 0.6) is 0 Å². The van der Waals surface area contributed by atoms with E-state index in [4.69, 9.17) is 10.8 Å². The maximum absolute atomic E-state index is 11.7. The van der Waals surface area contributed by atoms with Crippen LogP contribution in [0.4, 0.5) is 9.59 Å². The van der Waals surface area contributed by atoms with E-state index < -0.39 is 24.2 Å². The van der Waals surface area contributed by atoms with Gasteiger partial charge in [-0.3, -0.25) is 0 Å². The first kappa shape index (κ1) is 17.2. The van der Waals surface area contributed by atoms with Crippen LogP contribution >= 0.6 is 0 Å². The number of carboxylic acid groups (broad SMARTS) is 1. The molecule has 0 unspecified atom stereocenters. The number of nitrogens with two attached hydrogens (primary N) is 1. The predicted octanol–water partition coefficient (Wildman–Crippen LogP) is 0.794.